The van der Waals surface area contributed by atoms with Crippen LogP contribution in [0.3, 0.4) is 0 Å². The zero-order chi connectivity index (χ0) is 17.1. The van der Waals surface area contributed by atoms with Crippen molar-refractivity contribution < 1.29 is 14.7 Å². The van der Waals surface area contributed by atoms with E-state index in [2.05, 4.69) is 10.6 Å². The van der Waals surface area contributed by atoms with E-state index in [1.54, 1.807) is 24.3 Å². The van der Waals surface area contributed by atoms with E-state index in [9.17, 15) is 9.59 Å². The zero-order valence-corrected chi connectivity index (χ0v) is 13.5. The summed E-state index contributed by atoms with van der Waals surface area (Å²) in [7, 11) is 0. The SMILES string of the molecule is Cc1ccc(C(=O)NC2CC2)cc1NCc1ccc(C(=O)O)cc1. The third-order valence-electron chi connectivity index (χ3n) is 4.10. The van der Waals surface area contributed by atoms with E-state index in [0.717, 1.165) is 29.7 Å². The maximum Gasteiger partial charge on any atom is 0.335 e. The fraction of sp³-hybridized carbons (Fsp3) is 0.263. The molecule has 1 saturated carbocycles. The van der Waals surface area contributed by atoms with Gasteiger partial charge in [0.15, 0.2) is 0 Å². The lowest BCUT2D eigenvalue weighted by Crippen LogP contribution is -2.25. The Balaban J connectivity index is 1.67. The van der Waals surface area contributed by atoms with Crippen LogP contribution in [0.25, 0.3) is 0 Å². The molecule has 0 aromatic heterocycles. The van der Waals surface area contributed by atoms with Crippen molar-refractivity contribution in [1.82, 2.24) is 5.32 Å². The lowest BCUT2D eigenvalue weighted by Gasteiger charge is -2.12. The largest absolute Gasteiger partial charge is 0.478 e. The van der Waals surface area contributed by atoms with Gasteiger partial charge in [-0.25, -0.2) is 4.79 Å². The first-order chi connectivity index (χ1) is 11.5. The van der Waals surface area contributed by atoms with Crippen LogP contribution >= 0.6 is 0 Å². The molecule has 0 bridgehead atoms. The fourth-order valence-corrected chi connectivity index (χ4v) is 2.41. The number of nitrogens with one attached hydrogen (secondary N) is 2. The Morgan fingerprint density at radius 2 is 1.75 bits per heavy atom. The minimum Gasteiger partial charge on any atom is -0.478 e. The van der Waals surface area contributed by atoms with E-state index in [0.29, 0.717) is 18.2 Å². The fourth-order valence-electron chi connectivity index (χ4n) is 2.41. The van der Waals surface area contributed by atoms with Crippen LogP contribution in [-0.4, -0.2) is 23.0 Å². The van der Waals surface area contributed by atoms with Crippen LogP contribution in [0.4, 0.5) is 5.69 Å². The molecular weight excluding hydrogens is 304 g/mol. The summed E-state index contributed by atoms with van der Waals surface area (Å²) in [4.78, 5) is 23.0. The Labute approximate surface area is 140 Å². The molecule has 0 spiro atoms. The molecule has 3 rings (SSSR count). The number of amides is 1. The lowest BCUT2D eigenvalue weighted by molar-refractivity contribution is 0.0696. The van der Waals surface area contributed by atoms with Crippen molar-refractivity contribution in [2.45, 2.75) is 32.4 Å². The number of carboxylic acids is 1. The number of benzene rings is 2. The number of aromatic carboxylic acids is 1. The smallest absolute Gasteiger partial charge is 0.335 e. The highest BCUT2D eigenvalue weighted by Crippen LogP contribution is 2.21. The van der Waals surface area contributed by atoms with Gasteiger partial charge in [0.25, 0.3) is 5.91 Å². The molecule has 2 aromatic rings. The van der Waals surface area contributed by atoms with E-state index in [-0.39, 0.29) is 11.5 Å². The molecule has 0 aliphatic heterocycles. The van der Waals surface area contributed by atoms with Gasteiger partial charge in [0, 0.05) is 23.8 Å². The average molecular weight is 324 g/mol. The number of anilines is 1. The number of rotatable bonds is 6. The maximum absolute atomic E-state index is 12.1. The molecule has 5 nitrogen and oxygen atoms in total. The van der Waals surface area contributed by atoms with Gasteiger partial charge in [0.2, 0.25) is 0 Å². The molecule has 0 atom stereocenters. The molecule has 1 aliphatic rings. The van der Waals surface area contributed by atoms with E-state index in [1.165, 1.54) is 0 Å². The predicted molar refractivity (Wildman–Crippen MR) is 92.4 cm³/mol. The van der Waals surface area contributed by atoms with Crippen molar-refractivity contribution >= 4 is 17.6 Å². The minimum atomic E-state index is -0.931. The third-order valence-corrected chi connectivity index (χ3v) is 4.10. The van der Waals surface area contributed by atoms with Crippen molar-refractivity contribution in [3.8, 4) is 0 Å². The van der Waals surface area contributed by atoms with Gasteiger partial charge in [-0.05, 0) is 55.2 Å². The van der Waals surface area contributed by atoms with Gasteiger partial charge in [0.1, 0.15) is 0 Å². The van der Waals surface area contributed by atoms with E-state index in [1.807, 2.05) is 25.1 Å². The topological polar surface area (TPSA) is 78.4 Å². The number of hydrogen-bond acceptors (Lipinski definition) is 3. The van der Waals surface area contributed by atoms with Crippen LogP contribution in [0, 0.1) is 6.92 Å². The first-order valence-corrected chi connectivity index (χ1v) is 8.00. The van der Waals surface area contributed by atoms with Crippen LogP contribution in [-0.2, 0) is 6.54 Å². The maximum atomic E-state index is 12.1. The number of carbonyl (C=O) groups excluding carboxylic acids is 1. The summed E-state index contributed by atoms with van der Waals surface area (Å²) in [6.07, 6.45) is 2.13. The lowest BCUT2D eigenvalue weighted by atomic mass is 10.1. The summed E-state index contributed by atoms with van der Waals surface area (Å²) >= 11 is 0. The van der Waals surface area contributed by atoms with Crippen molar-refractivity contribution in [2.24, 2.45) is 0 Å². The van der Waals surface area contributed by atoms with Gasteiger partial charge in [-0.1, -0.05) is 18.2 Å². The van der Waals surface area contributed by atoms with Gasteiger partial charge in [0.05, 0.1) is 5.56 Å². The van der Waals surface area contributed by atoms with Crippen LogP contribution in [0.2, 0.25) is 0 Å². The molecule has 24 heavy (non-hydrogen) atoms. The van der Waals surface area contributed by atoms with E-state index < -0.39 is 5.97 Å². The Hall–Kier alpha value is -2.82. The normalized spacial score (nSPS) is 13.4. The number of carbonyl (C=O) groups is 2. The molecule has 1 aliphatic carbocycles. The molecule has 1 fully saturated rings. The second-order valence-corrected chi connectivity index (χ2v) is 6.13. The standard InChI is InChI=1S/C19H20N2O3/c1-12-2-5-15(18(22)21-16-8-9-16)10-17(12)20-11-13-3-6-14(7-4-13)19(23)24/h2-7,10,16,20H,8-9,11H2,1H3,(H,21,22)(H,23,24). The Morgan fingerprint density at radius 3 is 2.38 bits per heavy atom. The molecule has 3 N–H and O–H groups in total. The summed E-state index contributed by atoms with van der Waals surface area (Å²) in [6, 6.07) is 12.7. The minimum absolute atomic E-state index is 0.0358. The first kappa shape index (κ1) is 16.1. The van der Waals surface area contributed by atoms with Crippen LogP contribution in [0.15, 0.2) is 42.5 Å². The molecule has 0 radical (unpaired) electrons. The summed E-state index contributed by atoms with van der Waals surface area (Å²) in [5, 5.41) is 15.2. The monoisotopic (exact) mass is 324 g/mol. The summed E-state index contributed by atoms with van der Waals surface area (Å²) in [5.41, 5.74) is 3.86. The highest BCUT2D eigenvalue weighted by molar-refractivity contribution is 5.95. The van der Waals surface area contributed by atoms with Crippen molar-refractivity contribution in [3.05, 3.63) is 64.7 Å². The molecule has 5 heteroatoms. The van der Waals surface area contributed by atoms with Crippen molar-refractivity contribution in [1.29, 1.82) is 0 Å². The first-order valence-electron chi connectivity index (χ1n) is 8.00. The average Bonchev–Trinajstić information content (AvgIpc) is 3.38. The van der Waals surface area contributed by atoms with E-state index in [4.69, 9.17) is 5.11 Å². The second-order valence-electron chi connectivity index (χ2n) is 6.13. The van der Waals surface area contributed by atoms with Crippen molar-refractivity contribution in [2.75, 3.05) is 5.32 Å². The van der Waals surface area contributed by atoms with Crippen molar-refractivity contribution in [3.63, 3.8) is 0 Å². The number of carboxylic acid groups (broad SMARTS) is 1. The predicted octanol–water partition coefficient (Wildman–Crippen LogP) is 3.20. The third kappa shape index (κ3) is 3.93. The van der Waals surface area contributed by atoms with E-state index >= 15 is 0 Å². The summed E-state index contributed by atoms with van der Waals surface area (Å²) < 4.78 is 0. The molecule has 0 heterocycles. The Kier molecular flexibility index (Phi) is 4.51. The summed E-state index contributed by atoms with van der Waals surface area (Å²) in [6.45, 7) is 2.55. The summed E-state index contributed by atoms with van der Waals surface area (Å²) in [5.74, 6) is -0.967. The van der Waals surface area contributed by atoms with Crippen LogP contribution < -0.4 is 10.6 Å². The molecule has 0 saturated heterocycles. The van der Waals surface area contributed by atoms with Gasteiger partial charge in [-0.3, -0.25) is 4.79 Å². The quantitative estimate of drug-likeness (QED) is 0.762. The highest BCUT2D eigenvalue weighted by atomic mass is 16.4. The molecule has 2 aromatic carbocycles. The van der Waals surface area contributed by atoms with Gasteiger partial charge < -0.3 is 15.7 Å². The molecule has 0 unspecified atom stereocenters. The van der Waals surface area contributed by atoms with Crippen LogP contribution in [0.1, 0.15) is 44.7 Å². The Bertz CT molecular complexity index is 765. The zero-order valence-electron chi connectivity index (χ0n) is 13.5. The highest BCUT2D eigenvalue weighted by Gasteiger charge is 2.23. The van der Waals surface area contributed by atoms with Gasteiger partial charge in [-0.15, -0.1) is 0 Å². The van der Waals surface area contributed by atoms with Gasteiger partial charge in [-0.2, -0.15) is 0 Å². The Morgan fingerprint density at radius 1 is 1.08 bits per heavy atom. The molecule has 124 valence electrons. The second kappa shape index (κ2) is 6.74. The van der Waals surface area contributed by atoms with Crippen LogP contribution in [0.5, 0.6) is 0 Å². The molecular formula is C19H20N2O3. The van der Waals surface area contributed by atoms with Gasteiger partial charge >= 0.3 is 5.97 Å². The number of aryl methyl sites for hydroxylation is 1. The number of hydrogen-bond donors (Lipinski definition) is 3. The molecule has 1 amide bonds.